The lowest BCUT2D eigenvalue weighted by Crippen LogP contribution is -2.29. The first-order valence-corrected chi connectivity index (χ1v) is 7.57. The average molecular weight is 274 g/mol. The third-order valence-corrected chi connectivity index (χ3v) is 4.43. The summed E-state index contributed by atoms with van der Waals surface area (Å²) in [6, 6.07) is 10.7. The molecule has 3 heteroatoms. The van der Waals surface area contributed by atoms with E-state index in [1.807, 2.05) is 11.3 Å². The van der Waals surface area contributed by atoms with E-state index in [1.54, 1.807) is 0 Å². The maximum absolute atomic E-state index is 3.52. The van der Waals surface area contributed by atoms with E-state index >= 15 is 0 Å². The third kappa shape index (κ3) is 3.82. The van der Waals surface area contributed by atoms with Crippen molar-refractivity contribution >= 4 is 17.0 Å². The van der Waals surface area contributed by atoms with Crippen LogP contribution in [0.15, 0.2) is 35.7 Å². The van der Waals surface area contributed by atoms with Crippen LogP contribution in [0.4, 0.5) is 5.69 Å². The number of para-hydroxylation sites is 1. The zero-order chi connectivity index (χ0) is 13.7. The van der Waals surface area contributed by atoms with Crippen LogP contribution in [0.25, 0.3) is 0 Å². The highest BCUT2D eigenvalue weighted by Crippen LogP contribution is 2.17. The number of nitrogens with zero attached hydrogens (tertiary/aromatic N) is 1. The van der Waals surface area contributed by atoms with Crippen molar-refractivity contribution in [3.05, 3.63) is 51.7 Å². The molecular formula is C16H22N2S. The Bertz CT molecular complexity index is 519. The van der Waals surface area contributed by atoms with Crippen LogP contribution in [-0.4, -0.2) is 20.1 Å². The van der Waals surface area contributed by atoms with Crippen LogP contribution < -0.4 is 10.2 Å². The molecule has 0 aliphatic carbocycles. The Balaban J connectivity index is 1.77. The minimum Gasteiger partial charge on any atom is -0.373 e. The van der Waals surface area contributed by atoms with E-state index in [0.29, 0.717) is 0 Å². The van der Waals surface area contributed by atoms with Crippen molar-refractivity contribution in [2.75, 3.05) is 25.0 Å². The Morgan fingerprint density at radius 2 is 1.89 bits per heavy atom. The molecule has 0 radical (unpaired) electrons. The lowest BCUT2D eigenvalue weighted by atomic mass is 10.2. The molecule has 102 valence electrons. The molecule has 0 unspecified atom stereocenters. The summed E-state index contributed by atoms with van der Waals surface area (Å²) in [4.78, 5) is 3.75. The molecule has 2 nitrogen and oxygen atoms in total. The minimum absolute atomic E-state index is 0.977. The molecule has 0 fully saturated rings. The highest BCUT2D eigenvalue weighted by molar-refractivity contribution is 7.10. The van der Waals surface area contributed by atoms with Crippen LogP contribution >= 0.6 is 11.3 Å². The van der Waals surface area contributed by atoms with E-state index in [-0.39, 0.29) is 0 Å². The fourth-order valence-electron chi connectivity index (χ4n) is 2.15. The van der Waals surface area contributed by atoms with E-state index in [9.17, 15) is 0 Å². The van der Waals surface area contributed by atoms with Crippen molar-refractivity contribution in [3.63, 3.8) is 0 Å². The number of benzene rings is 1. The van der Waals surface area contributed by atoms with Crippen LogP contribution in [0, 0.1) is 13.8 Å². The molecule has 0 spiro atoms. The third-order valence-electron chi connectivity index (χ3n) is 3.40. The molecule has 0 saturated heterocycles. The van der Waals surface area contributed by atoms with Crippen LogP contribution in [0.2, 0.25) is 0 Å². The molecule has 0 atom stereocenters. The van der Waals surface area contributed by atoms with Gasteiger partial charge in [0.1, 0.15) is 0 Å². The molecule has 2 rings (SSSR count). The number of likely N-dealkylation sites (N-methyl/N-ethyl adjacent to an activating group) is 1. The van der Waals surface area contributed by atoms with Crippen LogP contribution in [-0.2, 0) is 6.54 Å². The summed E-state index contributed by atoms with van der Waals surface area (Å²) < 4.78 is 0. The van der Waals surface area contributed by atoms with Crippen LogP contribution in [0.5, 0.6) is 0 Å². The van der Waals surface area contributed by atoms with E-state index in [2.05, 4.69) is 66.8 Å². The first kappa shape index (κ1) is 14.1. The number of nitrogens with one attached hydrogen (secondary N) is 1. The Morgan fingerprint density at radius 3 is 2.58 bits per heavy atom. The van der Waals surface area contributed by atoms with E-state index < -0.39 is 0 Å². The molecular weight excluding hydrogens is 252 g/mol. The maximum atomic E-state index is 3.52. The summed E-state index contributed by atoms with van der Waals surface area (Å²) in [7, 11) is 2.15. The lowest BCUT2D eigenvalue weighted by Gasteiger charge is -2.21. The van der Waals surface area contributed by atoms with Crippen LogP contribution in [0.3, 0.4) is 0 Å². The number of aryl methyl sites for hydroxylation is 2. The van der Waals surface area contributed by atoms with Gasteiger partial charge in [-0.15, -0.1) is 11.3 Å². The second-order valence-corrected chi connectivity index (χ2v) is 5.91. The molecule has 2 aromatic rings. The zero-order valence-corrected chi connectivity index (χ0v) is 12.8. The molecule has 1 heterocycles. The summed E-state index contributed by atoms with van der Waals surface area (Å²) in [6.45, 7) is 7.34. The van der Waals surface area contributed by atoms with Crippen molar-refractivity contribution in [2.24, 2.45) is 0 Å². The molecule has 0 aliphatic heterocycles. The standard InChI is InChI=1S/C16H22N2S/c1-13-6-4-5-7-15(13)18(3)10-9-17-12-16-14(2)8-11-19-16/h4-8,11,17H,9-10,12H2,1-3H3. The predicted molar refractivity (Wildman–Crippen MR) is 85.2 cm³/mol. The summed E-state index contributed by atoms with van der Waals surface area (Å²) in [5, 5.41) is 5.68. The lowest BCUT2D eigenvalue weighted by molar-refractivity contribution is 0.683. The van der Waals surface area contributed by atoms with E-state index in [0.717, 1.165) is 19.6 Å². The molecule has 0 saturated carbocycles. The van der Waals surface area contributed by atoms with Gasteiger partial charge in [-0.25, -0.2) is 0 Å². The second kappa shape index (κ2) is 6.73. The summed E-state index contributed by atoms with van der Waals surface area (Å²) >= 11 is 1.83. The molecule has 1 aromatic carbocycles. The first-order chi connectivity index (χ1) is 9.18. The van der Waals surface area contributed by atoms with Gasteiger partial charge in [0, 0.05) is 37.2 Å². The Labute approximate surface area is 120 Å². The van der Waals surface area contributed by atoms with Crippen molar-refractivity contribution < 1.29 is 0 Å². The Hall–Kier alpha value is -1.32. The van der Waals surface area contributed by atoms with Crippen molar-refractivity contribution in [2.45, 2.75) is 20.4 Å². The van der Waals surface area contributed by atoms with Gasteiger partial charge in [0.05, 0.1) is 0 Å². The number of thiophene rings is 1. The van der Waals surface area contributed by atoms with Crippen molar-refractivity contribution in [1.29, 1.82) is 0 Å². The van der Waals surface area contributed by atoms with Gasteiger partial charge in [-0.3, -0.25) is 0 Å². The van der Waals surface area contributed by atoms with E-state index in [1.165, 1.54) is 21.7 Å². The second-order valence-electron chi connectivity index (χ2n) is 4.91. The fraction of sp³-hybridized carbons (Fsp3) is 0.375. The van der Waals surface area contributed by atoms with Gasteiger partial charge in [-0.1, -0.05) is 18.2 Å². The zero-order valence-electron chi connectivity index (χ0n) is 11.9. The molecule has 1 aromatic heterocycles. The summed E-state index contributed by atoms with van der Waals surface area (Å²) in [6.07, 6.45) is 0. The monoisotopic (exact) mass is 274 g/mol. The molecule has 19 heavy (non-hydrogen) atoms. The average Bonchev–Trinajstić information content (AvgIpc) is 2.80. The van der Waals surface area contributed by atoms with Gasteiger partial charge < -0.3 is 10.2 Å². The fourth-order valence-corrected chi connectivity index (χ4v) is 3.02. The number of rotatable bonds is 6. The highest BCUT2D eigenvalue weighted by Gasteiger charge is 2.03. The van der Waals surface area contributed by atoms with Gasteiger partial charge in [-0.2, -0.15) is 0 Å². The van der Waals surface area contributed by atoms with Gasteiger partial charge in [0.2, 0.25) is 0 Å². The minimum atomic E-state index is 0.977. The summed E-state index contributed by atoms with van der Waals surface area (Å²) in [5.74, 6) is 0. The van der Waals surface area contributed by atoms with E-state index in [4.69, 9.17) is 0 Å². The first-order valence-electron chi connectivity index (χ1n) is 6.69. The van der Waals surface area contributed by atoms with Crippen molar-refractivity contribution in [1.82, 2.24) is 5.32 Å². The number of hydrogen-bond donors (Lipinski definition) is 1. The normalized spacial score (nSPS) is 10.7. The highest BCUT2D eigenvalue weighted by atomic mass is 32.1. The molecule has 0 aliphatic rings. The summed E-state index contributed by atoms with van der Waals surface area (Å²) in [5.41, 5.74) is 4.04. The van der Waals surface area contributed by atoms with Gasteiger partial charge >= 0.3 is 0 Å². The maximum Gasteiger partial charge on any atom is 0.0393 e. The van der Waals surface area contributed by atoms with Gasteiger partial charge in [0.15, 0.2) is 0 Å². The predicted octanol–water partition coefficient (Wildman–Crippen LogP) is 3.59. The molecule has 0 amide bonds. The topological polar surface area (TPSA) is 15.3 Å². The van der Waals surface area contributed by atoms with Crippen molar-refractivity contribution in [3.8, 4) is 0 Å². The molecule has 1 N–H and O–H groups in total. The Kier molecular flexibility index (Phi) is 5.00. The van der Waals surface area contributed by atoms with Gasteiger partial charge in [0.25, 0.3) is 0 Å². The molecule has 0 bridgehead atoms. The number of hydrogen-bond acceptors (Lipinski definition) is 3. The van der Waals surface area contributed by atoms with Gasteiger partial charge in [-0.05, 0) is 42.5 Å². The quantitative estimate of drug-likeness (QED) is 0.810. The smallest absolute Gasteiger partial charge is 0.0393 e. The van der Waals surface area contributed by atoms with Crippen LogP contribution in [0.1, 0.15) is 16.0 Å². The number of anilines is 1. The Morgan fingerprint density at radius 1 is 1.11 bits per heavy atom. The SMILES string of the molecule is Cc1ccccc1N(C)CCNCc1sccc1C. The largest absolute Gasteiger partial charge is 0.373 e.